The van der Waals surface area contributed by atoms with Crippen LogP contribution in [0.4, 0.5) is 5.69 Å². The molecule has 1 saturated heterocycles. The van der Waals surface area contributed by atoms with Crippen LogP contribution in [0.2, 0.25) is 0 Å². The number of para-hydroxylation sites is 1. The number of carbonyl (C=O) groups excluding carboxylic acids is 2. The molecule has 5 N–H and O–H groups in total. The molecule has 3 aliphatic rings. The maximum atomic E-state index is 14.0. The molecule has 1 saturated carbocycles. The topological polar surface area (TPSA) is 109 Å². The molecule has 8 heteroatoms. The number of aromatic nitrogens is 1. The van der Waals surface area contributed by atoms with Crippen molar-refractivity contribution in [1.82, 2.24) is 20.5 Å². The van der Waals surface area contributed by atoms with Crippen LogP contribution in [0.1, 0.15) is 84.0 Å². The number of H-pyrrole nitrogens is 1. The minimum atomic E-state index is -0.763. The molecule has 6 atom stereocenters. The number of rotatable bonds is 7. The highest BCUT2D eigenvalue weighted by Gasteiger charge is 2.47. The Kier molecular flexibility index (Phi) is 7.63. The predicted molar refractivity (Wildman–Crippen MR) is 154 cm³/mol. The number of fused-ring (bicyclic) bond motifs is 3. The van der Waals surface area contributed by atoms with Crippen LogP contribution >= 0.6 is 0 Å². The van der Waals surface area contributed by atoms with Crippen LogP contribution < -0.4 is 16.0 Å². The molecule has 3 heterocycles. The van der Waals surface area contributed by atoms with E-state index in [9.17, 15) is 14.7 Å². The summed E-state index contributed by atoms with van der Waals surface area (Å²) in [6.07, 6.45) is 6.55. The first-order chi connectivity index (χ1) is 19.5. The molecule has 0 radical (unpaired) electrons. The lowest BCUT2D eigenvalue weighted by Gasteiger charge is -2.40. The van der Waals surface area contributed by atoms with Gasteiger partial charge >= 0.3 is 0 Å². The third-order valence-corrected chi connectivity index (χ3v) is 9.17. The van der Waals surface area contributed by atoms with Crippen molar-refractivity contribution in [3.05, 3.63) is 89.2 Å². The number of aromatic amines is 1. The molecule has 8 nitrogen and oxygen atoms in total. The third-order valence-electron chi connectivity index (χ3n) is 9.17. The van der Waals surface area contributed by atoms with Crippen LogP contribution in [0.3, 0.4) is 0 Å². The molecule has 0 bridgehead atoms. The summed E-state index contributed by atoms with van der Waals surface area (Å²) in [6, 6.07) is 19.7. The lowest BCUT2D eigenvalue weighted by atomic mass is 9.80. The Morgan fingerprint density at radius 3 is 2.60 bits per heavy atom. The molecule has 1 unspecified atom stereocenters. The zero-order valence-electron chi connectivity index (χ0n) is 23.0. The van der Waals surface area contributed by atoms with Crippen LogP contribution in [0.25, 0.3) is 0 Å². The monoisotopic (exact) mass is 541 g/mol. The largest absolute Gasteiger partial charge is 0.376 e. The molecule has 1 aliphatic carbocycles. The average molecular weight is 542 g/mol. The highest BCUT2D eigenvalue weighted by molar-refractivity contribution is 5.94. The molecule has 0 spiro atoms. The van der Waals surface area contributed by atoms with Crippen molar-refractivity contribution in [1.29, 1.82) is 0 Å². The second-order valence-electron chi connectivity index (χ2n) is 11.5. The van der Waals surface area contributed by atoms with Crippen molar-refractivity contribution in [2.75, 3.05) is 18.9 Å². The molecule has 210 valence electrons. The smallest absolute Gasteiger partial charge is 0.251 e. The van der Waals surface area contributed by atoms with Crippen LogP contribution in [0, 0.1) is 11.8 Å². The van der Waals surface area contributed by atoms with E-state index >= 15 is 0 Å². The van der Waals surface area contributed by atoms with Crippen molar-refractivity contribution in [3.63, 3.8) is 0 Å². The van der Waals surface area contributed by atoms with Gasteiger partial charge < -0.3 is 25.6 Å². The third kappa shape index (κ3) is 5.13. The predicted octanol–water partition coefficient (Wildman–Crippen LogP) is 4.66. The molecule has 2 amide bonds. The molecule has 1 aromatic heterocycles. The molecule has 2 aromatic carbocycles. The second kappa shape index (κ2) is 11.5. The summed E-state index contributed by atoms with van der Waals surface area (Å²) in [5.41, 5.74) is 4.72. The van der Waals surface area contributed by atoms with Crippen LogP contribution in [0.15, 0.2) is 66.9 Å². The molecule has 3 aromatic rings. The zero-order valence-corrected chi connectivity index (χ0v) is 23.0. The maximum absolute atomic E-state index is 14.0. The Balaban J connectivity index is 1.16. The summed E-state index contributed by atoms with van der Waals surface area (Å²) >= 11 is 0. The Morgan fingerprint density at radius 2 is 1.82 bits per heavy atom. The summed E-state index contributed by atoms with van der Waals surface area (Å²) in [4.78, 5) is 32.6. The summed E-state index contributed by atoms with van der Waals surface area (Å²) in [7, 11) is 1.68. The van der Waals surface area contributed by atoms with Crippen molar-refractivity contribution in [3.8, 4) is 0 Å². The number of likely N-dealkylation sites (tertiary alicyclic amines) is 1. The van der Waals surface area contributed by atoms with Gasteiger partial charge in [-0.15, -0.1) is 0 Å². The Hall–Kier alpha value is -3.62. The number of nitrogens with zero attached hydrogens (tertiary/aromatic N) is 1. The van der Waals surface area contributed by atoms with Crippen LogP contribution in [-0.4, -0.2) is 46.4 Å². The van der Waals surface area contributed by atoms with Gasteiger partial charge in [-0.1, -0.05) is 43.2 Å². The second-order valence-corrected chi connectivity index (χ2v) is 11.5. The molecular formula is C32H39N5O3. The van der Waals surface area contributed by atoms with Gasteiger partial charge in [0.05, 0.1) is 12.1 Å². The van der Waals surface area contributed by atoms with E-state index in [2.05, 4.69) is 50.1 Å². The van der Waals surface area contributed by atoms with Gasteiger partial charge in [0.1, 0.15) is 6.23 Å². The van der Waals surface area contributed by atoms with E-state index in [4.69, 9.17) is 0 Å². The van der Waals surface area contributed by atoms with Gasteiger partial charge in [-0.3, -0.25) is 14.9 Å². The molecule has 2 aliphatic heterocycles. The first kappa shape index (κ1) is 26.6. The van der Waals surface area contributed by atoms with E-state index in [-0.39, 0.29) is 35.9 Å². The standard InChI is InChI=1S/C32H39N5O3/c1-33-31(39)20-12-14-21(15-13-20)32(40)36-25-9-4-2-7-22(25)19-28(38)37-18-16-24-29(27-11-6-17-34-27)35-26-10-5-3-8-23(26)30(24)37/h3,5-6,8,10-15,17,22,24-25,29-31,33-35,39H,2,4,7,9,16,18-19H2,1H3,(H,36,40)/t22-,24-,25-,29-,30+,31?/m1/s1. The minimum absolute atomic E-state index is 0.0295. The van der Waals surface area contributed by atoms with Gasteiger partial charge in [0, 0.05) is 48.1 Å². The number of benzene rings is 2. The summed E-state index contributed by atoms with van der Waals surface area (Å²) < 4.78 is 0. The van der Waals surface area contributed by atoms with E-state index in [1.54, 1.807) is 31.3 Å². The Labute approximate surface area is 235 Å². The first-order valence-electron chi connectivity index (χ1n) is 14.6. The lowest BCUT2D eigenvalue weighted by molar-refractivity contribution is -0.134. The fourth-order valence-electron chi connectivity index (χ4n) is 7.07. The Morgan fingerprint density at radius 1 is 1.02 bits per heavy atom. The van der Waals surface area contributed by atoms with Crippen molar-refractivity contribution < 1.29 is 14.7 Å². The number of aliphatic hydroxyl groups excluding tert-OH is 1. The molecule has 40 heavy (non-hydrogen) atoms. The number of nitrogens with one attached hydrogen (secondary N) is 4. The van der Waals surface area contributed by atoms with Gasteiger partial charge in [0.2, 0.25) is 5.91 Å². The fourth-order valence-corrected chi connectivity index (χ4v) is 7.07. The van der Waals surface area contributed by atoms with Crippen LogP contribution in [-0.2, 0) is 4.79 Å². The number of amides is 2. The molecular weight excluding hydrogens is 502 g/mol. The highest BCUT2D eigenvalue weighted by atomic mass is 16.3. The van der Waals surface area contributed by atoms with Crippen LogP contribution in [0.5, 0.6) is 0 Å². The fraction of sp³-hybridized carbons (Fsp3) is 0.438. The lowest BCUT2D eigenvalue weighted by Crippen LogP contribution is -2.45. The first-order valence-corrected chi connectivity index (χ1v) is 14.6. The zero-order chi connectivity index (χ0) is 27.6. The summed E-state index contributed by atoms with van der Waals surface area (Å²) in [6.45, 7) is 0.746. The van der Waals surface area contributed by atoms with Crippen molar-refractivity contribution in [2.45, 2.75) is 62.9 Å². The van der Waals surface area contributed by atoms with Crippen molar-refractivity contribution in [2.24, 2.45) is 11.8 Å². The van der Waals surface area contributed by atoms with E-state index < -0.39 is 6.23 Å². The average Bonchev–Trinajstić information content (AvgIpc) is 3.69. The normalized spacial score (nSPS) is 26.4. The van der Waals surface area contributed by atoms with E-state index in [0.717, 1.165) is 50.0 Å². The number of hydrogen-bond donors (Lipinski definition) is 5. The van der Waals surface area contributed by atoms with Gasteiger partial charge in [-0.05, 0) is 73.7 Å². The number of anilines is 1. The summed E-state index contributed by atoms with van der Waals surface area (Å²) in [5.74, 6) is 0.470. The molecule has 2 fully saturated rings. The van der Waals surface area contributed by atoms with E-state index in [1.165, 1.54) is 5.56 Å². The van der Waals surface area contributed by atoms with Gasteiger partial charge in [-0.2, -0.15) is 0 Å². The van der Waals surface area contributed by atoms with Gasteiger partial charge in [0.15, 0.2) is 0 Å². The SMILES string of the molecule is CNC(O)c1ccc(C(=O)N[C@@H]2CCCC[C@@H]2CC(=O)N2CC[C@@H]3[C@H](c4ccc[nH]4)Nc4ccccc4[C@@H]32)cc1. The summed E-state index contributed by atoms with van der Waals surface area (Å²) in [5, 5.41) is 19.7. The highest BCUT2D eigenvalue weighted by Crippen LogP contribution is 2.51. The maximum Gasteiger partial charge on any atom is 0.251 e. The number of hydrogen-bond acceptors (Lipinski definition) is 5. The minimum Gasteiger partial charge on any atom is -0.376 e. The van der Waals surface area contributed by atoms with E-state index in [1.807, 2.05) is 18.3 Å². The van der Waals surface area contributed by atoms with Gasteiger partial charge in [0.25, 0.3) is 5.91 Å². The molecule has 6 rings (SSSR count). The van der Waals surface area contributed by atoms with Crippen molar-refractivity contribution >= 4 is 17.5 Å². The number of carbonyl (C=O) groups is 2. The number of aliphatic hydroxyl groups is 1. The Bertz CT molecular complexity index is 1320. The van der Waals surface area contributed by atoms with Gasteiger partial charge in [-0.25, -0.2) is 0 Å². The quantitative estimate of drug-likeness (QED) is 0.280. The van der Waals surface area contributed by atoms with E-state index in [0.29, 0.717) is 23.5 Å².